The van der Waals surface area contributed by atoms with Crippen molar-refractivity contribution in [3.05, 3.63) is 57.6 Å². The van der Waals surface area contributed by atoms with E-state index < -0.39 is 15.9 Å². The number of amides is 1. The van der Waals surface area contributed by atoms with Crippen molar-refractivity contribution in [3.63, 3.8) is 0 Å². The molecule has 0 saturated carbocycles. The number of nitrogens with zero attached hydrogens (tertiary/aromatic N) is 1. The number of carbonyl (C=O) groups is 1. The molecule has 0 spiro atoms. The maximum absolute atomic E-state index is 12.4. The van der Waals surface area contributed by atoms with Crippen LogP contribution in [-0.2, 0) is 14.8 Å². The summed E-state index contributed by atoms with van der Waals surface area (Å²) in [4.78, 5) is 12.4. The van der Waals surface area contributed by atoms with E-state index >= 15 is 0 Å². The third kappa shape index (κ3) is 4.87. The maximum Gasteiger partial charge on any atom is 0.245 e. The van der Waals surface area contributed by atoms with Crippen LogP contribution < -0.4 is 9.62 Å². The van der Waals surface area contributed by atoms with Crippen LogP contribution in [0.25, 0.3) is 0 Å². The van der Waals surface area contributed by atoms with Crippen LogP contribution in [0.5, 0.6) is 0 Å². The lowest BCUT2D eigenvalue weighted by Crippen LogP contribution is -2.38. The van der Waals surface area contributed by atoms with Crippen LogP contribution in [0.15, 0.2) is 36.4 Å². The van der Waals surface area contributed by atoms with E-state index in [0.29, 0.717) is 21.4 Å². The van der Waals surface area contributed by atoms with Gasteiger partial charge in [-0.05, 0) is 43.2 Å². The molecule has 5 nitrogen and oxygen atoms in total. The number of rotatable bonds is 5. The average Bonchev–Trinajstić information content (AvgIpc) is 2.48. The van der Waals surface area contributed by atoms with E-state index in [9.17, 15) is 13.2 Å². The zero-order valence-electron chi connectivity index (χ0n) is 14.0. The van der Waals surface area contributed by atoms with Gasteiger partial charge in [0.2, 0.25) is 15.9 Å². The van der Waals surface area contributed by atoms with Crippen molar-refractivity contribution < 1.29 is 13.2 Å². The van der Waals surface area contributed by atoms with E-state index in [4.69, 9.17) is 23.2 Å². The van der Waals surface area contributed by atoms with Crippen LogP contribution in [-0.4, -0.2) is 27.1 Å². The molecule has 2 aromatic rings. The van der Waals surface area contributed by atoms with E-state index in [1.807, 2.05) is 6.07 Å². The maximum atomic E-state index is 12.4. The normalized spacial score (nSPS) is 11.2. The molecule has 0 aliphatic rings. The largest absolute Gasteiger partial charge is 0.323 e. The number of sulfonamides is 1. The smallest absolute Gasteiger partial charge is 0.245 e. The minimum atomic E-state index is -3.66. The third-order valence-corrected chi connectivity index (χ3v) is 5.26. The second-order valence-electron chi connectivity index (χ2n) is 5.68. The first-order valence-corrected chi connectivity index (χ1v) is 9.99. The van der Waals surface area contributed by atoms with E-state index in [-0.39, 0.29) is 6.54 Å². The molecule has 0 unspecified atom stereocenters. The van der Waals surface area contributed by atoms with Gasteiger partial charge in [-0.15, -0.1) is 0 Å². The van der Waals surface area contributed by atoms with Crippen LogP contribution >= 0.6 is 23.2 Å². The number of nitrogens with one attached hydrogen (secondary N) is 1. The summed E-state index contributed by atoms with van der Waals surface area (Å²) < 4.78 is 25.6. The monoisotopic (exact) mass is 400 g/mol. The van der Waals surface area contributed by atoms with Crippen molar-refractivity contribution in [1.29, 1.82) is 0 Å². The van der Waals surface area contributed by atoms with Gasteiger partial charge in [-0.3, -0.25) is 9.10 Å². The Morgan fingerprint density at radius 1 is 1.12 bits per heavy atom. The lowest BCUT2D eigenvalue weighted by Gasteiger charge is -2.25. The molecule has 2 aromatic carbocycles. The van der Waals surface area contributed by atoms with Crippen LogP contribution in [0.4, 0.5) is 11.4 Å². The molecule has 1 N–H and O–H groups in total. The Morgan fingerprint density at radius 3 is 2.28 bits per heavy atom. The summed E-state index contributed by atoms with van der Waals surface area (Å²) >= 11 is 11.9. The van der Waals surface area contributed by atoms with Crippen molar-refractivity contribution >= 4 is 50.5 Å². The molecule has 2 rings (SSSR count). The second-order valence-corrected chi connectivity index (χ2v) is 8.43. The Labute approximate surface area is 157 Å². The van der Waals surface area contributed by atoms with Gasteiger partial charge in [-0.2, -0.15) is 0 Å². The zero-order chi connectivity index (χ0) is 18.8. The topological polar surface area (TPSA) is 66.5 Å². The van der Waals surface area contributed by atoms with Gasteiger partial charge < -0.3 is 5.32 Å². The molecule has 0 saturated heterocycles. The molecule has 0 atom stereocenters. The minimum absolute atomic E-state index is 0.315. The van der Waals surface area contributed by atoms with E-state index in [0.717, 1.165) is 21.7 Å². The van der Waals surface area contributed by atoms with Crippen LogP contribution in [0, 0.1) is 13.8 Å². The Morgan fingerprint density at radius 2 is 1.72 bits per heavy atom. The first-order valence-electron chi connectivity index (χ1n) is 7.38. The molecule has 0 heterocycles. The molecule has 0 bridgehead atoms. The SMILES string of the molecule is Cc1cccc(C)c1N(CC(=O)Nc1cc(Cl)ccc1Cl)S(C)(=O)=O. The standard InChI is InChI=1S/C17H18Cl2N2O3S/c1-11-5-4-6-12(2)17(11)21(25(3,23)24)10-16(22)20-15-9-13(18)7-8-14(15)19/h4-9H,10H2,1-3H3,(H,20,22). The second kappa shape index (κ2) is 7.64. The number of hydrogen-bond donors (Lipinski definition) is 1. The highest BCUT2D eigenvalue weighted by atomic mass is 35.5. The molecular weight excluding hydrogens is 383 g/mol. The Kier molecular flexibility index (Phi) is 5.98. The van der Waals surface area contributed by atoms with E-state index in [2.05, 4.69) is 5.32 Å². The van der Waals surface area contributed by atoms with Gasteiger partial charge in [0, 0.05) is 5.02 Å². The highest BCUT2D eigenvalue weighted by Crippen LogP contribution is 2.28. The number of carbonyl (C=O) groups excluding carboxylic acids is 1. The summed E-state index contributed by atoms with van der Waals surface area (Å²) in [6.07, 6.45) is 1.07. The lowest BCUT2D eigenvalue weighted by atomic mass is 10.1. The van der Waals surface area contributed by atoms with Gasteiger partial charge in [0.05, 0.1) is 22.7 Å². The number of anilines is 2. The van der Waals surface area contributed by atoms with Crippen LogP contribution in [0.1, 0.15) is 11.1 Å². The minimum Gasteiger partial charge on any atom is -0.323 e. The molecule has 0 radical (unpaired) electrons. The zero-order valence-corrected chi connectivity index (χ0v) is 16.3. The number of halogens is 2. The highest BCUT2D eigenvalue weighted by Gasteiger charge is 2.24. The number of aryl methyl sites for hydroxylation is 2. The Hall–Kier alpha value is -1.76. The highest BCUT2D eigenvalue weighted by molar-refractivity contribution is 7.92. The quantitative estimate of drug-likeness (QED) is 0.823. The first kappa shape index (κ1) is 19.6. The molecule has 134 valence electrons. The van der Waals surface area contributed by atoms with E-state index in [1.54, 1.807) is 38.1 Å². The Balaban J connectivity index is 2.32. The molecule has 0 aromatic heterocycles. The molecule has 1 amide bonds. The summed E-state index contributed by atoms with van der Waals surface area (Å²) in [7, 11) is -3.66. The lowest BCUT2D eigenvalue weighted by molar-refractivity contribution is -0.114. The first-order chi connectivity index (χ1) is 11.6. The molecule has 8 heteroatoms. The fraction of sp³-hybridized carbons (Fsp3) is 0.235. The van der Waals surface area contributed by atoms with Gasteiger partial charge in [0.15, 0.2) is 0 Å². The summed E-state index contributed by atoms with van der Waals surface area (Å²) in [5.41, 5.74) is 2.35. The number of benzene rings is 2. The van der Waals surface area contributed by atoms with Gasteiger partial charge >= 0.3 is 0 Å². The van der Waals surface area contributed by atoms with Crippen LogP contribution in [0.3, 0.4) is 0 Å². The number of para-hydroxylation sites is 1. The third-order valence-electron chi connectivity index (χ3n) is 3.58. The molecule has 0 aliphatic heterocycles. The van der Waals surface area contributed by atoms with Gasteiger partial charge in [-0.25, -0.2) is 8.42 Å². The Bertz CT molecular complexity index is 894. The predicted molar refractivity (Wildman–Crippen MR) is 103 cm³/mol. The summed E-state index contributed by atoms with van der Waals surface area (Å²) in [5, 5.41) is 3.33. The fourth-order valence-corrected chi connectivity index (χ4v) is 3.78. The van der Waals surface area contributed by atoms with Crippen molar-refractivity contribution in [2.45, 2.75) is 13.8 Å². The fourth-order valence-electron chi connectivity index (χ4n) is 2.47. The summed E-state index contributed by atoms with van der Waals surface area (Å²) in [6, 6.07) is 10.1. The van der Waals surface area contributed by atoms with E-state index in [1.165, 1.54) is 6.07 Å². The predicted octanol–water partition coefficient (Wildman–Crippen LogP) is 4.01. The molecule has 0 fully saturated rings. The van der Waals surface area contributed by atoms with Crippen LogP contribution in [0.2, 0.25) is 10.0 Å². The molecule has 25 heavy (non-hydrogen) atoms. The van der Waals surface area contributed by atoms with Crippen molar-refractivity contribution in [2.24, 2.45) is 0 Å². The van der Waals surface area contributed by atoms with Gasteiger partial charge in [-0.1, -0.05) is 41.4 Å². The summed E-state index contributed by atoms with van der Waals surface area (Å²) in [5.74, 6) is -0.516. The number of hydrogen-bond acceptors (Lipinski definition) is 3. The molecular formula is C17H18Cl2N2O3S. The summed E-state index contributed by atoms with van der Waals surface area (Å²) in [6.45, 7) is 3.23. The van der Waals surface area contributed by atoms with Crippen molar-refractivity contribution in [1.82, 2.24) is 0 Å². The van der Waals surface area contributed by atoms with Gasteiger partial charge in [0.25, 0.3) is 0 Å². The van der Waals surface area contributed by atoms with Gasteiger partial charge in [0.1, 0.15) is 6.54 Å². The molecule has 0 aliphatic carbocycles. The average molecular weight is 401 g/mol. The van der Waals surface area contributed by atoms with Crippen molar-refractivity contribution in [2.75, 3.05) is 22.4 Å². The van der Waals surface area contributed by atoms with Crippen molar-refractivity contribution in [3.8, 4) is 0 Å².